The van der Waals surface area contributed by atoms with Gasteiger partial charge < -0.3 is 10.1 Å². The lowest BCUT2D eigenvalue weighted by Gasteiger charge is -2.19. The zero-order chi connectivity index (χ0) is 21.4. The Morgan fingerprint density at radius 2 is 1.94 bits per heavy atom. The highest BCUT2D eigenvalue weighted by atomic mass is 19.1. The first-order chi connectivity index (χ1) is 15.1. The summed E-state index contributed by atoms with van der Waals surface area (Å²) in [6.07, 6.45) is 3.53. The van der Waals surface area contributed by atoms with E-state index < -0.39 is 0 Å². The molecule has 0 atom stereocenters. The van der Waals surface area contributed by atoms with Gasteiger partial charge in [-0.3, -0.25) is 14.5 Å². The van der Waals surface area contributed by atoms with Crippen molar-refractivity contribution in [2.45, 2.75) is 13.5 Å². The van der Waals surface area contributed by atoms with Crippen LogP contribution in [0.2, 0.25) is 0 Å². The molecule has 2 aromatic carbocycles. The Kier molecular flexibility index (Phi) is 4.71. The molecule has 6 nitrogen and oxygen atoms in total. The molecule has 5 rings (SSSR count). The number of nitrogens with one attached hydrogen (secondary N) is 1. The number of hydrogen-bond acceptors (Lipinski definition) is 4. The van der Waals surface area contributed by atoms with E-state index in [4.69, 9.17) is 9.84 Å². The van der Waals surface area contributed by atoms with E-state index in [0.717, 1.165) is 33.6 Å². The van der Waals surface area contributed by atoms with Gasteiger partial charge in [0.25, 0.3) is 5.91 Å². The molecule has 31 heavy (non-hydrogen) atoms. The SMILES string of the molecule is Cc1nn(Cc2cccnc2)c(-c2ccc(F)cc2)c1-c1ccc2c(c1)NC(=O)CO2. The molecule has 1 aliphatic rings. The number of aromatic nitrogens is 3. The fourth-order valence-corrected chi connectivity index (χ4v) is 3.85. The lowest BCUT2D eigenvalue weighted by molar-refractivity contribution is -0.118. The van der Waals surface area contributed by atoms with Crippen LogP contribution >= 0.6 is 0 Å². The molecule has 0 spiro atoms. The highest BCUT2D eigenvalue weighted by Gasteiger charge is 2.22. The molecule has 1 amide bonds. The predicted octanol–water partition coefficient (Wildman–Crippen LogP) is 4.44. The van der Waals surface area contributed by atoms with Gasteiger partial charge in [0.05, 0.1) is 23.6 Å². The molecule has 7 heteroatoms. The number of carbonyl (C=O) groups excluding carboxylic acids is 1. The van der Waals surface area contributed by atoms with Gasteiger partial charge in [0.15, 0.2) is 6.61 Å². The van der Waals surface area contributed by atoms with Gasteiger partial charge >= 0.3 is 0 Å². The zero-order valence-electron chi connectivity index (χ0n) is 16.8. The normalized spacial score (nSPS) is 12.8. The van der Waals surface area contributed by atoms with Crippen molar-refractivity contribution in [3.8, 4) is 28.1 Å². The number of pyridine rings is 1. The van der Waals surface area contributed by atoms with E-state index in [-0.39, 0.29) is 18.3 Å². The van der Waals surface area contributed by atoms with Crippen LogP contribution in [0.4, 0.5) is 10.1 Å². The maximum Gasteiger partial charge on any atom is 0.262 e. The van der Waals surface area contributed by atoms with Crippen LogP contribution < -0.4 is 10.1 Å². The van der Waals surface area contributed by atoms with Gasteiger partial charge in [-0.1, -0.05) is 12.1 Å². The van der Waals surface area contributed by atoms with Crippen molar-refractivity contribution >= 4 is 11.6 Å². The summed E-state index contributed by atoms with van der Waals surface area (Å²) in [6.45, 7) is 2.47. The van der Waals surface area contributed by atoms with Crippen molar-refractivity contribution in [2.75, 3.05) is 11.9 Å². The largest absolute Gasteiger partial charge is 0.482 e. The van der Waals surface area contributed by atoms with Crippen LogP contribution in [0, 0.1) is 12.7 Å². The molecule has 0 unspecified atom stereocenters. The molecule has 4 aromatic rings. The van der Waals surface area contributed by atoms with Crippen LogP contribution in [0.5, 0.6) is 5.75 Å². The van der Waals surface area contributed by atoms with Gasteiger partial charge in [-0.25, -0.2) is 4.39 Å². The number of aryl methyl sites for hydroxylation is 1. The molecule has 0 saturated heterocycles. The third-order valence-electron chi connectivity index (χ3n) is 5.20. The maximum atomic E-state index is 13.6. The van der Waals surface area contributed by atoms with Gasteiger partial charge in [-0.15, -0.1) is 0 Å². The Morgan fingerprint density at radius 3 is 2.71 bits per heavy atom. The number of anilines is 1. The predicted molar refractivity (Wildman–Crippen MR) is 115 cm³/mol. The standard InChI is InChI=1S/C24H19FN4O2/c1-15-23(18-6-9-21-20(11-18)27-22(30)14-31-21)24(17-4-7-19(25)8-5-17)29(28-15)13-16-3-2-10-26-12-16/h2-12H,13-14H2,1H3,(H,27,30). The lowest BCUT2D eigenvalue weighted by Crippen LogP contribution is -2.25. The molecule has 0 fully saturated rings. The summed E-state index contributed by atoms with van der Waals surface area (Å²) in [5.41, 5.74) is 5.97. The summed E-state index contributed by atoms with van der Waals surface area (Å²) in [7, 11) is 0. The minimum absolute atomic E-state index is 0.00917. The molecular formula is C24H19FN4O2. The zero-order valence-corrected chi connectivity index (χ0v) is 16.8. The number of ether oxygens (including phenoxy) is 1. The number of hydrogen-bond donors (Lipinski definition) is 1. The Balaban J connectivity index is 1.67. The average Bonchev–Trinajstić information content (AvgIpc) is 3.10. The first kappa shape index (κ1) is 19.0. The highest BCUT2D eigenvalue weighted by molar-refractivity contribution is 5.97. The van der Waals surface area contributed by atoms with E-state index in [1.54, 1.807) is 24.5 Å². The Hall–Kier alpha value is -4.00. The summed E-state index contributed by atoms with van der Waals surface area (Å²) >= 11 is 0. The monoisotopic (exact) mass is 414 g/mol. The summed E-state index contributed by atoms with van der Waals surface area (Å²) < 4.78 is 21.0. The first-order valence-electron chi connectivity index (χ1n) is 9.88. The minimum atomic E-state index is -0.297. The highest BCUT2D eigenvalue weighted by Crippen LogP contribution is 2.39. The fraction of sp³-hybridized carbons (Fsp3) is 0.125. The molecular weight excluding hydrogens is 395 g/mol. The van der Waals surface area contributed by atoms with E-state index in [2.05, 4.69) is 10.3 Å². The van der Waals surface area contributed by atoms with Crippen LogP contribution in [0.3, 0.4) is 0 Å². The molecule has 0 radical (unpaired) electrons. The van der Waals surface area contributed by atoms with E-state index in [1.807, 2.05) is 41.9 Å². The van der Waals surface area contributed by atoms with Gasteiger partial charge in [0.1, 0.15) is 11.6 Å². The Labute approximate surface area is 178 Å². The number of fused-ring (bicyclic) bond motifs is 1. The summed E-state index contributed by atoms with van der Waals surface area (Å²) in [6, 6.07) is 15.9. The van der Waals surface area contributed by atoms with Crippen molar-refractivity contribution in [2.24, 2.45) is 0 Å². The van der Waals surface area contributed by atoms with Crippen LogP contribution in [0.1, 0.15) is 11.3 Å². The third-order valence-corrected chi connectivity index (χ3v) is 5.20. The van der Waals surface area contributed by atoms with E-state index in [1.165, 1.54) is 12.1 Å². The quantitative estimate of drug-likeness (QED) is 0.536. The molecule has 3 heterocycles. The maximum absolute atomic E-state index is 13.6. The fourth-order valence-electron chi connectivity index (χ4n) is 3.85. The van der Waals surface area contributed by atoms with E-state index in [0.29, 0.717) is 18.0 Å². The second kappa shape index (κ2) is 7.68. The average molecular weight is 414 g/mol. The number of halogens is 1. The van der Waals surface area contributed by atoms with Crippen molar-refractivity contribution < 1.29 is 13.9 Å². The number of rotatable bonds is 4. The summed E-state index contributed by atoms with van der Waals surface area (Å²) in [4.78, 5) is 16.0. The smallest absolute Gasteiger partial charge is 0.262 e. The van der Waals surface area contributed by atoms with Gasteiger partial charge in [0.2, 0.25) is 0 Å². The van der Waals surface area contributed by atoms with Gasteiger partial charge in [-0.2, -0.15) is 5.10 Å². The topological polar surface area (TPSA) is 69.0 Å². The molecule has 2 aromatic heterocycles. The van der Waals surface area contributed by atoms with Crippen molar-refractivity contribution in [3.05, 3.63) is 84.1 Å². The molecule has 154 valence electrons. The second-order valence-corrected chi connectivity index (χ2v) is 7.38. The number of carbonyl (C=O) groups is 1. The third kappa shape index (κ3) is 3.66. The number of benzene rings is 2. The lowest BCUT2D eigenvalue weighted by atomic mass is 9.98. The van der Waals surface area contributed by atoms with Crippen LogP contribution in [0.25, 0.3) is 22.4 Å². The van der Waals surface area contributed by atoms with Gasteiger partial charge in [0, 0.05) is 23.5 Å². The molecule has 0 bridgehead atoms. The van der Waals surface area contributed by atoms with Gasteiger partial charge in [-0.05, 0) is 60.5 Å². The van der Waals surface area contributed by atoms with Crippen molar-refractivity contribution in [1.29, 1.82) is 0 Å². The van der Waals surface area contributed by atoms with Crippen LogP contribution in [-0.2, 0) is 11.3 Å². The summed E-state index contributed by atoms with van der Waals surface area (Å²) in [5, 5.41) is 7.64. The molecule has 0 aliphatic carbocycles. The second-order valence-electron chi connectivity index (χ2n) is 7.38. The van der Waals surface area contributed by atoms with Crippen LogP contribution in [-0.4, -0.2) is 27.3 Å². The first-order valence-corrected chi connectivity index (χ1v) is 9.88. The summed E-state index contributed by atoms with van der Waals surface area (Å²) in [5.74, 6) is 0.147. The van der Waals surface area contributed by atoms with Crippen molar-refractivity contribution in [1.82, 2.24) is 14.8 Å². The Morgan fingerprint density at radius 1 is 1.13 bits per heavy atom. The number of amides is 1. The Bertz CT molecular complexity index is 1270. The minimum Gasteiger partial charge on any atom is -0.482 e. The van der Waals surface area contributed by atoms with Crippen molar-refractivity contribution in [3.63, 3.8) is 0 Å². The van der Waals surface area contributed by atoms with E-state index in [9.17, 15) is 9.18 Å². The molecule has 1 N–H and O–H groups in total. The van der Waals surface area contributed by atoms with Crippen LogP contribution in [0.15, 0.2) is 67.0 Å². The van der Waals surface area contributed by atoms with E-state index >= 15 is 0 Å². The molecule has 1 aliphatic heterocycles. The molecule has 0 saturated carbocycles. The number of nitrogens with zero attached hydrogens (tertiary/aromatic N) is 3.